The molecule has 0 amide bonds. The Kier molecular flexibility index (Phi) is 3.32. The summed E-state index contributed by atoms with van der Waals surface area (Å²) in [6.07, 6.45) is 1.76. The first-order valence-electron chi connectivity index (χ1n) is 4.63. The highest BCUT2D eigenvalue weighted by Crippen LogP contribution is 2.19. The van der Waals surface area contributed by atoms with Crippen LogP contribution in [0.5, 0.6) is 5.75 Å². The maximum atomic E-state index is 9.56. The first-order valence-corrected chi connectivity index (χ1v) is 4.63. The summed E-state index contributed by atoms with van der Waals surface area (Å²) in [7, 11) is 0. The highest BCUT2D eigenvalue weighted by atomic mass is 16.3. The molecular weight excluding hydrogens is 162 g/mol. The van der Waals surface area contributed by atoms with Crippen molar-refractivity contribution in [1.82, 2.24) is 0 Å². The van der Waals surface area contributed by atoms with Crippen LogP contribution in [0.15, 0.2) is 18.2 Å². The molecule has 0 saturated carbocycles. The quantitative estimate of drug-likeness (QED) is 0.745. The van der Waals surface area contributed by atoms with Gasteiger partial charge in [0.25, 0.3) is 0 Å². The summed E-state index contributed by atoms with van der Waals surface area (Å²) >= 11 is 0. The summed E-state index contributed by atoms with van der Waals surface area (Å²) in [5.74, 6) is 0.389. The summed E-state index contributed by atoms with van der Waals surface area (Å²) in [4.78, 5) is 0. The van der Waals surface area contributed by atoms with E-state index in [1.54, 1.807) is 6.07 Å². The number of aryl methyl sites for hydroxylation is 2. The van der Waals surface area contributed by atoms with E-state index in [-0.39, 0.29) is 6.04 Å². The number of aromatic hydroxyl groups is 1. The molecule has 0 bridgehead atoms. The van der Waals surface area contributed by atoms with E-state index in [1.807, 2.05) is 26.0 Å². The number of benzene rings is 1. The van der Waals surface area contributed by atoms with Gasteiger partial charge in [-0.3, -0.25) is 0 Å². The lowest BCUT2D eigenvalue weighted by Gasteiger charge is -2.07. The predicted octanol–water partition coefficient (Wildman–Crippen LogP) is 1.98. The second kappa shape index (κ2) is 4.28. The van der Waals surface area contributed by atoms with E-state index in [2.05, 4.69) is 0 Å². The van der Waals surface area contributed by atoms with Crippen molar-refractivity contribution in [3.05, 3.63) is 29.3 Å². The molecule has 2 nitrogen and oxygen atoms in total. The highest BCUT2D eigenvalue weighted by Gasteiger charge is 2.02. The number of hydrogen-bond acceptors (Lipinski definition) is 2. The van der Waals surface area contributed by atoms with Crippen LogP contribution in [-0.2, 0) is 6.42 Å². The van der Waals surface area contributed by atoms with Gasteiger partial charge in [0.15, 0.2) is 0 Å². The molecule has 0 aliphatic heterocycles. The minimum absolute atomic E-state index is 0.195. The molecule has 0 aliphatic rings. The minimum Gasteiger partial charge on any atom is -0.508 e. The summed E-state index contributed by atoms with van der Waals surface area (Å²) in [6, 6.07) is 5.96. The average molecular weight is 179 g/mol. The molecule has 72 valence electrons. The summed E-state index contributed by atoms with van der Waals surface area (Å²) in [5.41, 5.74) is 7.71. The zero-order chi connectivity index (χ0) is 9.84. The SMILES string of the molecule is Cc1ccc(CC[C@H](C)N)c(O)c1. The molecule has 2 heteroatoms. The Morgan fingerprint density at radius 2 is 2.15 bits per heavy atom. The van der Waals surface area contributed by atoms with E-state index < -0.39 is 0 Å². The van der Waals surface area contributed by atoms with Crippen LogP contribution in [0, 0.1) is 6.92 Å². The lowest BCUT2D eigenvalue weighted by Crippen LogP contribution is -2.15. The Labute approximate surface area is 79.4 Å². The van der Waals surface area contributed by atoms with Crippen molar-refractivity contribution in [3.8, 4) is 5.75 Å². The molecule has 1 aromatic carbocycles. The predicted molar refractivity (Wildman–Crippen MR) is 54.8 cm³/mol. The molecule has 13 heavy (non-hydrogen) atoms. The monoisotopic (exact) mass is 179 g/mol. The van der Waals surface area contributed by atoms with Gasteiger partial charge in [-0.2, -0.15) is 0 Å². The van der Waals surface area contributed by atoms with Crippen LogP contribution < -0.4 is 5.73 Å². The number of nitrogens with two attached hydrogens (primary N) is 1. The van der Waals surface area contributed by atoms with Gasteiger partial charge in [0.05, 0.1) is 0 Å². The molecular formula is C11H17NO. The van der Waals surface area contributed by atoms with Crippen molar-refractivity contribution in [2.45, 2.75) is 32.7 Å². The van der Waals surface area contributed by atoms with E-state index in [0.717, 1.165) is 24.0 Å². The van der Waals surface area contributed by atoms with Crippen LogP contribution in [0.25, 0.3) is 0 Å². The number of hydrogen-bond donors (Lipinski definition) is 2. The topological polar surface area (TPSA) is 46.2 Å². The van der Waals surface area contributed by atoms with Gasteiger partial charge in [-0.05, 0) is 43.9 Å². The Morgan fingerprint density at radius 3 is 2.69 bits per heavy atom. The van der Waals surface area contributed by atoms with Crippen LogP contribution in [0.3, 0.4) is 0 Å². The molecule has 1 rings (SSSR count). The van der Waals surface area contributed by atoms with Gasteiger partial charge in [0.2, 0.25) is 0 Å². The molecule has 0 fully saturated rings. The fourth-order valence-corrected chi connectivity index (χ4v) is 1.27. The second-order valence-electron chi connectivity index (χ2n) is 3.65. The van der Waals surface area contributed by atoms with Gasteiger partial charge in [-0.15, -0.1) is 0 Å². The van der Waals surface area contributed by atoms with Crippen LogP contribution in [0.1, 0.15) is 24.5 Å². The Hall–Kier alpha value is -1.02. The van der Waals surface area contributed by atoms with Crippen molar-refractivity contribution < 1.29 is 5.11 Å². The fourth-order valence-electron chi connectivity index (χ4n) is 1.27. The maximum Gasteiger partial charge on any atom is 0.119 e. The van der Waals surface area contributed by atoms with Crippen LogP contribution >= 0.6 is 0 Å². The van der Waals surface area contributed by atoms with Crippen LogP contribution in [0.2, 0.25) is 0 Å². The normalized spacial score (nSPS) is 12.8. The Bertz CT molecular complexity index is 281. The molecule has 1 atom stereocenters. The Balaban J connectivity index is 2.67. The van der Waals surface area contributed by atoms with Crippen molar-refractivity contribution >= 4 is 0 Å². The van der Waals surface area contributed by atoms with Crippen molar-refractivity contribution in [3.63, 3.8) is 0 Å². The van der Waals surface area contributed by atoms with Gasteiger partial charge < -0.3 is 10.8 Å². The third-order valence-corrected chi connectivity index (χ3v) is 2.11. The standard InChI is InChI=1S/C11H17NO/c1-8-3-5-10(11(13)7-8)6-4-9(2)12/h3,5,7,9,13H,4,6,12H2,1-2H3/t9-/m0/s1. The molecule has 1 aromatic rings. The minimum atomic E-state index is 0.195. The molecule has 3 N–H and O–H groups in total. The molecule has 0 aliphatic carbocycles. The van der Waals surface area contributed by atoms with Crippen LogP contribution in [-0.4, -0.2) is 11.1 Å². The van der Waals surface area contributed by atoms with Gasteiger partial charge >= 0.3 is 0 Å². The lowest BCUT2D eigenvalue weighted by molar-refractivity contribution is 0.465. The van der Waals surface area contributed by atoms with Gasteiger partial charge in [0, 0.05) is 6.04 Å². The molecule has 0 saturated heterocycles. The van der Waals surface area contributed by atoms with Gasteiger partial charge in [-0.25, -0.2) is 0 Å². The van der Waals surface area contributed by atoms with Crippen molar-refractivity contribution in [2.24, 2.45) is 5.73 Å². The number of phenolic OH excluding ortho intramolecular Hbond substituents is 1. The lowest BCUT2D eigenvalue weighted by atomic mass is 10.0. The maximum absolute atomic E-state index is 9.56. The largest absolute Gasteiger partial charge is 0.508 e. The van der Waals surface area contributed by atoms with Gasteiger partial charge in [-0.1, -0.05) is 12.1 Å². The van der Waals surface area contributed by atoms with E-state index in [9.17, 15) is 5.11 Å². The first-order chi connectivity index (χ1) is 6.09. The van der Waals surface area contributed by atoms with Crippen molar-refractivity contribution in [2.75, 3.05) is 0 Å². The van der Waals surface area contributed by atoms with E-state index in [4.69, 9.17) is 5.73 Å². The van der Waals surface area contributed by atoms with E-state index in [1.165, 1.54) is 0 Å². The van der Waals surface area contributed by atoms with Crippen LogP contribution in [0.4, 0.5) is 0 Å². The molecule has 0 spiro atoms. The van der Waals surface area contributed by atoms with E-state index in [0.29, 0.717) is 5.75 Å². The smallest absolute Gasteiger partial charge is 0.119 e. The molecule has 0 unspecified atom stereocenters. The second-order valence-corrected chi connectivity index (χ2v) is 3.65. The zero-order valence-electron chi connectivity index (χ0n) is 8.25. The summed E-state index contributed by atoms with van der Waals surface area (Å²) in [6.45, 7) is 3.94. The average Bonchev–Trinajstić information content (AvgIpc) is 2.02. The molecule has 0 radical (unpaired) electrons. The zero-order valence-corrected chi connectivity index (χ0v) is 8.25. The highest BCUT2D eigenvalue weighted by molar-refractivity contribution is 5.35. The van der Waals surface area contributed by atoms with Gasteiger partial charge in [0.1, 0.15) is 5.75 Å². The van der Waals surface area contributed by atoms with E-state index >= 15 is 0 Å². The molecule has 0 heterocycles. The third-order valence-electron chi connectivity index (χ3n) is 2.11. The summed E-state index contributed by atoms with van der Waals surface area (Å²) in [5, 5.41) is 9.56. The fraction of sp³-hybridized carbons (Fsp3) is 0.455. The van der Waals surface area contributed by atoms with Crippen molar-refractivity contribution in [1.29, 1.82) is 0 Å². The first kappa shape index (κ1) is 10.1. The number of rotatable bonds is 3. The summed E-state index contributed by atoms with van der Waals surface area (Å²) < 4.78 is 0. The molecule has 0 aromatic heterocycles. The Morgan fingerprint density at radius 1 is 1.46 bits per heavy atom. The number of phenols is 1. The third kappa shape index (κ3) is 3.07.